The number of nitrogens with one attached hydrogen (secondary N) is 1. The predicted octanol–water partition coefficient (Wildman–Crippen LogP) is 1.21. The molecule has 2 atom stereocenters. The van der Waals surface area contributed by atoms with Crippen LogP contribution >= 0.6 is 0 Å². The molecule has 1 aromatic rings. The third-order valence-electron chi connectivity index (χ3n) is 5.11. The number of amides is 2. The molecule has 2 amide bonds. The van der Waals surface area contributed by atoms with Crippen LogP contribution in [0.5, 0.6) is 0 Å². The molecule has 0 saturated carbocycles. The molecule has 26 heavy (non-hydrogen) atoms. The second kappa shape index (κ2) is 9.69. The first-order chi connectivity index (χ1) is 12.4. The summed E-state index contributed by atoms with van der Waals surface area (Å²) in [5, 5.41) is 2.67. The summed E-state index contributed by atoms with van der Waals surface area (Å²) >= 11 is 0. The topological polar surface area (TPSA) is 78.7 Å². The molecule has 0 aromatic heterocycles. The van der Waals surface area contributed by atoms with Gasteiger partial charge >= 0.3 is 0 Å². The van der Waals surface area contributed by atoms with Gasteiger partial charge in [-0.25, -0.2) is 0 Å². The van der Waals surface area contributed by atoms with Gasteiger partial charge in [-0.15, -0.1) is 0 Å². The predicted molar refractivity (Wildman–Crippen MR) is 103 cm³/mol. The molecular weight excluding hydrogens is 328 g/mol. The standard InChI is InChI=1S/C20H32N4O2/c1-15(2)19(21)20(26)22-13-18(25)23-10-9-16(3)24(12-11-23)14-17-7-5-4-6-8-17/h4-8,15-16,19H,9-14,21H2,1-3H3,(H,22,26)/t16?,19-/m0/s1. The quantitative estimate of drug-likeness (QED) is 0.799. The molecule has 1 aromatic carbocycles. The van der Waals surface area contributed by atoms with Crippen LogP contribution in [0.1, 0.15) is 32.8 Å². The molecule has 3 N–H and O–H groups in total. The van der Waals surface area contributed by atoms with Crippen LogP contribution in [-0.4, -0.2) is 59.9 Å². The van der Waals surface area contributed by atoms with Gasteiger partial charge in [-0.3, -0.25) is 14.5 Å². The highest BCUT2D eigenvalue weighted by Crippen LogP contribution is 2.14. The lowest BCUT2D eigenvalue weighted by atomic mass is 10.1. The third-order valence-corrected chi connectivity index (χ3v) is 5.11. The van der Waals surface area contributed by atoms with Gasteiger partial charge in [0.25, 0.3) is 0 Å². The second-order valence-corrected chi connectivity index (χ2v) is 7.46. The van der Waals surface area contributed by atoms with Crippen LogP contribution in [0.15, 0.2) is 30.3 Å². The first-order valence-corrected chi connectivity index (χ1v) is 9.47. The molecule has 1 saturated heterocycles. The number of carbonyl (C=O) groups is 2. The van der Waals surface area contributed by atoms with Crippen LogP contribution in [0.2, 0.25) is 0 Å². The zero-order valence-electron chi connectivity index (χ0n) is 16.1. The van der Waals surface area contributed by atoms with E-state index in [9.17, 15) is 9.59 Å². The molecule has 0 bridgehead atoms. The first kappa shape index (κ1) is 20.4. The molecule has 6 heteroatoms. The van der Waals surface area contributed by atoms with E-state index in [0.717, 1.165) is 26.1 Å². The molecule has 1 fully saturated rings. The van der Waals surface area contributed by atoms with Crippen LogP contribution in [-0.2, 0) is 16.1 Å². The first-order valence-electron chi connectivity index (χ1n) is 9.47. The molecule has 1 aliphatic heterocycles. The van der Waals surface area contributed by atoms with E-state index >= 15 is 0 Å². The number of hydrogen-bond acceptors (Lipinski definition) is 4. The smallest absolute Gasteiger partial charge is 0.242 e. The normalized spacial score (nSPS) is 19.9. The molecule has 2 rings (SSSR count). The number of nitrogens with zero attached hydrogens (tertiary/aromatic N) is 2. The SMILES string of the molecule is CC(C)[C@H](N)C(=O)NCC(=O)N1CCC(C)N(Cc2ccccc2)CC1. The number of carbonyl (C=O) groups excluding carboxylic acids is 2. The fourth-order valence-corrected chi connectivity index (χ4v) is 3.10. The number of nitrogens with two attached hydrogens (primary N) is 1. The van der Waals surface area contributed by atoms with Crippen LogP contribution in [0.3, 0.4) is 0 Å². The maximum absolute atomic E-state index is 12.5. The molecule has 0 spiro atoms. The Morgan fingerprint density at radius 1 is 1.19 bits per heavy atom. The van der Waals surface area contributed by atoms with Crippen molar-refractivity contribution in [2.45, 2.75) is 45.8 Å². The van der Waals surface area contributed by atoms with Crippen molar-refractivity contribution in [1.82, 2.24) is 15.1 Å². The van der Waals surface area contributed by atoms with Crippen molar-refractivity contribution < 1.29 is 9.59 Å². The number of hydrogen-bond donors (Lipinski definition) is 2. The van der Waals surface area contributed by atoms with Crippen LogP contribution < -0.4 is 11.1 Å². The van der Waals surface area contributed by atoms with Crippen molar-refractivity contribution in [3.05, 3.63) is 35.9 Å². The van der Waals surface area contributed by atoms with Crippen molar-refractivity contribution in [3.63, 3.8) is 0 Å². The van der Waals surface area contributed by atoms with E-state index in [1.54, 1.807) is 0 Å². The molecule has 1 aliphatic rings. The molecule has 0 radical (unpaired) electrons. The van der Waals surface area contributed by atoms with E-state index in [1.807, 2.05) is 24.8 Å². The zero-order chi connectivity index (χ0) is 19.1. The molecule has 1 unspecified atom stereocenters. The summed E-state index contributed by atoms with van der Waals surface area (Å²) in [7, 11) is 0. The Bertz CT molecular complexity index is 591. The fraction of sp³-hybridized carbons (Fsp3) is 0.600. The van der Waals surface area contributed by atoms with E-state index in [-0.39, 0.29) is 24.3 Å². The Morgan fingerprint density at radius 2 is 1.88 bits per heavy atom. The van der Waals surface area contributed by atoms with Crippen molar-refractivity contribution in [3.8, 4) is 0 Å². The summed E-state index contributed by atoms with van der Waals surface area (Å²) in [6.07, 6.45) is 0.929. The monoisotopic (exact) mass is 360 g/mol. The highest BCUT2D eigenvalue weighted by atomic mass is 16.2. The fourth-order valence-electron chi connectivity index (χ4n) is 3.10. The van der Waals surface area contributed by atoms with Crippen molar-refractivity contribution >= 4 is 11.8 Å². The molecule has 1 heterocycles. The molecule has 144 valence electrons. The van der Waals surface area contributed by atoms with Crippen molar-refractivity contribution in [2.24, 2.45) is 11.7 Å². The van der Waals surface area contributed by atoms with Gasteiger partial charge in [0.05, 0.1) is 12.6 Å². The Labute approximate surface area is 156 Å². The van der Waals surface area contributed by atoms with Crippen molar-refractivity contribution in [1.29, 1.82) is 0 Å². The van der Waals surface area contributed by atoms with Gasteiger partial charge in [0.15, 0.2) is 0 Å². The average molecular weight is 361 g/mol. The number of rotatable bonds is 6. The van der Waals surface area contributed by atoms with Gasteiger partial charge in [0, 0.05) is 32.2 Å². The minimum absolute atomic E-state index is 0.0202. The summed E-state index contributed by atoms with van der Waals surface area (Å²) in [6.45, 7) is 9.14. The summed E-state index contributed by atoms with van der Waals surface area (Å²) in [4.78, 5) is 28.7. The lowest BCUT2D eigenvalue weighted by molar-refractivity contribution is -0.133. The molecular formula is C20H32N4O2. The Morgan fingerprint density at radius 3 is 2.54 bits per heavy atom. The largest absolute Gasteiger partial charge is 0.346 e. The highest BCUT2D eigenvalue weighted by Gasteiger charge is 2.24. The Balaban J connectivity index is 1.84. The maximum atomic E-state index is 12.5. The van der Waals surface area contributed by atoms with E-state index < -0.39 is 6.04 Å². The van der Waals surface area contributed by atoms with Gasteiger partial charge in [0.2, 0.25) is 11.8 Å². The van der Waals surface area contributed by atoms with E-state index in [0.29, 0.717) is 12.6 Å². The minimum Gasteiger partial charge on any atom is -0.346 e. The van der Waals surface area contributed by atoms with Crippen molar-refractivity contribution in [2.75, 3.05) is 26.2 Å². The second-order valence-electron chi connectivity index (χ2n) is 7.46. The van der Waals surface area contributed by atoms with E-state index in [4.69, 9.17) is 5.73 Å². The number of benzene rings is 1. The minimum atomic E-state index is -0.576. The molecule has 0 aliphatic carbocycles. The van der Waals surface area contributed by atoms with E-state index in [2.05, 4.69) is 41.4 Å². The summed E-state index contributed by atoms with van der Waals surface area (Å²) in [5.41, 5.74) is 7.10. The van der Waals surface area contributed by atoms with Gasteiger partial charge in [0.1, 0.15) is 0 Å². The van der Waals surface area contributed by atoms with Gasteiger partial charge in [-0.1, -0.05) is 44.2 Å². The van der Waals surface area contributed by atoms with Gasteiger partial charge in [-0.2, -0.15) is 0 Å². The van der Waals surface area contributed by atoms with Crippen LogP contribution in [0, 0.1) is 5.92 Å². The maximum Gasteiger partial charge on any atom is 0.242 e. The summed E-state index contributed by atoms with van der Waals surface area (Å²) < 4.78 is 0. The lowest BCUT2D eigenvalue weighted by Gasteiger charge is -2.26. The van der Waals surface area contributed by atoms with Gasteiger partial charge in [-0.05, 0) is 24.8 Å². The average Bonchev–Trinajstić information content (AvgIpc) is 2.81. The summed E-state index contributed by atoms with van der Waals surface area (Å²) in [6, 6.07) is 10.2. The Hall–Kier alpha value is -1.92. The highest BCUT2D eigenvalue weighted by molar-refractivity contribution is 5.87. The van der Waals surface area contributed by atoms with Crippen LogP contribution in [0.4, 0.5) is 0 Å². The third kappa shape index (κ3) is 5.81. The van der Waals surface area contributed by atoms with Gasteiger partial charge < -0.3 is 16.0 Å². The Kier molecular flexibility index (Phi) is 7.60. The lowest BCUT2D eigenvalue weighted by Crippen LogP contribution is -2.48. The summed E-state index contributed by atoms with van der Waals surface area (Å²) in [5.74, 6) is -0.249. The van der Waals surface area contributed by atoms with E-state index in [1.165, 1.54) is 5.56 Å². The molecule has 6 nitrogen and oxygen atoms in total. The van der Waals surface area contributed by atoms with Crippen LogP contribution in [0.25, 0.3) is 0 Å². The zero-order valence-corrected chi connectivity index (χ0v) is 16.1.